The standard InChI is InChI=1S/C25H35N3O3.C19H23NO3/c1-4-26-24(29)16-28(5-2)25(30)19-7-9-23-21(15-19)20-14-18(6-8-22(20)27(23)3)17-10-12-31-13-11-17;1-20-17-4-2-13(12-6-8-23-9-7-12)10-15(17)16-11-14(19(21)22)3-5-18(16)20/h7,9,15,17-18H,4-6,8,10-14,16H2,1-3H3,(H,26,29);3,5,11-13H,2,4,6-10H2,1H3,(H,21,22). The molecule has 8 rings (SSSR count). The van der Waals surface area contributed by atoms with Crippen molar-refractivity contribution in [3.8, 4) is 0 Å². The fraction of sp³-hybridized carbons (Fsp3) is 0.568. The predicted octanol–water partition coefficient (Wildman–Crippen LogP) is 6.72. The van der Waals surface area contributed by atoms with Gasteiger partial charge in [-0.3, -0.25) is 9.59 Å². The van der Waals surface area contributed by atoms with E-state index >= 15 is 0 Å². The van der Waals surface area contributed by atoms with Gasteiger partial charge in [-0.25, -0.2) is 4.79 Å². The second kappa shape index (κ2) is 16.7. The smallest absolute Gasteiger partial charge is 0.335 e. The van der Waals surface area contributed by atoms with Gasteiger partial charge in [-0.1, -0.05) is 0 Å². The number of carbonyl (C=O) groups excluding carboxylic acids is 2. The molecule has 290 valence electrons. The first-order valence-corrected chi connectivity index (χ1v) is 20.3. The minimum atomic E-state index is -0.846. The van der Waals surface area contributed by atoms with E-state index in [0.29, 0.717) is 36.1 Å². The van der Waals surface area contributed by atoms with E-state index in [1.807, 2.05) is 32.0 Å². The Morgan fingerprint density at radius 3 is 1.67 bits per heavy atom. The lowest BCUT2D eigenvalue weighted by molar-refractivity contribution is -0.121. The van der Waals surface area contributed by atoms with E-state index in [2.05, 4.69) is 40.7 Å². The molecule has 0 spiro atoms. The van der Waals surface area contributed by atoms with Crippen LogP contribution in [-0.2, 0) is 54.0 Å². The van der Waals surface area contributed by atoms with Gasteiger partial charge in [0.15, 0.2) is 0 Å². The van der Waals surface area contributed by atoms with E-state index in [1.165, 1.54) is 71.9 Å². The molecule has 2 N–H and O–H groups in total. The fourth-order valence-electron chi connectivity index (χ4n) is 9.99. The van der Waals surface area contributed by atoms with Crippen molar-refractivity contribution in [2.45, 2.75) is 78.1 Å². The van der Waals surface area contributed by atoms with Crippen LogP contribution < -0.4 is 5.32 Å². The largest absolute Gasteiger partial charge is 0.478 e. The second-order valence-electron chi connectivity index (χ2n) is 15.9. The SMILES string of the molecule is CCNC(=O)CN(CC)C(=O)c1ccc2c(c1)c1c(n2C)CCC(C2CCOCC2)C1.Cn1c2c(c3cc(C(=O)O)ccc31)CC(C1CCOCC1)CC2. The molecule has 2 fully saturated rings. The molecule has 2 aromatic heterocycles. The molecule has 10 heteroatoms. The van der Waals surface area contributed by atoms with E-state index in [1.54, 1.807) is 11.0 Å². The van der Waals surface area contributed by atoms with Crippen molar-refractivity contribution < 1.29 is 29.0 Å². The van der Waals surface area contributed by atoms with Gasteiger partial charge in [-0.05, 0) is 149 Å². The van der Waals surface area contributed by atoms with Gasteiger partial charge in [0.05, 0.1) is 12.1 Å². The number of benzene rings is 2. The summed E-state index contributed by atoms with van der Waals surface area (Å²) in [5, 5.41) is 14.4. The number of amides is 2. The van der Waals surface area contributed by atoms with Gasteiger partial charge in [0.2, 0.25) is 5.91 Å². The third-order valence-electron chi connectivity index (χ3n) is 13.0. The molecule has 10 nitrogen and oxygen atoms in total. The number of ether oxygens (including phenoxy) is 2. The molecule has 2 aromatic carbocycles. The molecular weight excluding hydrogens is 681 g/mol. The topological polar surface area (TPSA) is 115 Å². The minimum absolute atomic E-state index is 0.0787. The molecule has 4 aliphatic rings. The number of carboxylic acid groups (broad SMARTS) is 1. The first-order valence-electron chi connectivity index (χ1n) is 20.3. The lowest BCUT2D eigenvalue weighted by atomic mass is 9.75. The molecule has 0 radical (unpaired) electrons. The lowest BCUT2D eigenvalue weighted by Crippen LogP contribution is -2.40. The summed E-state index contributed by atoms with van der Waals surface area (Å²) in [6, 6.07) is 11.6. The maximum Gasteiger partial charge on any atom is 0.335 e. The Labute approximate surface area is 319 Å². The monoisotopic (exact) mass is 738 g/mol. The molecule has 2 amide bonds. The first kappa shape index (κ1) is 38.1. The Morgan fingerprint density at radius 1 is 0.722 bits per heavy atom. The number of aromatic nitrogens is 2. The average Bonchev–Trinajstić information content (AvgIpc) is 3.65. The highest BCUT2D eigenvalue weighted by Gasteiger charge is 2.32. The molecule has 4 aromatic rings. The van der Waals surface area contributed by atoms with Crippen molar-refractivity contribution in [2.75, 3.05) is 46.1 Å². The zero-order valence-corrected chi connectivity index (χ0v) is 32.6. The van der Waals surface area contributed by atoms with Crippen LogP contribution in [0.15, 0.2) is 36.4 Å². The van der Waals surface area contributed by atoms with Crippen LogP contribution in [0.1, 0.15) is 95.6 Å². The van der Waals surface area contributed by atoms with Crippen LogP contribution in [0.3, 0.4) is 0 Å². The van der Waals surface area contributed by atoms with Crippen LogP contribution in [0.2, 0.25) is 0 Å². The third-order valence-corrected chi connectivity index (χ3v) is 13.0. The number of hydrogen-bond donors (Lipinski definition) is 2. The zero-order chi connectivity index (χ0) is 37.9. The summed E-state index contributed by atoms with van der Waals surface area (Å²) in [5.41, 5.74) is 9.02. The molecule has 0 saturated carbocycles. The van der Waals surface area contributed by atoms with Crippen molar-refractivity contribution in [1.82, 2.24) is 19.4 Å². The van der Waals surface area contributed by atoms with E-state index in [9.17, 15) is 19.5 Å². The molecule has 2 saturated heterocycles. The summed E-state index contributed by atoms with van der Waals surface area (Å²) >= 11 is 0. The zero-order valence-electron chi connectivity index (χ0n) is 32.6. The Balaban J connectivity index is 0.000000174. The van der Waals surface area contributed by atoms with Crippen LogP contribution >= 0.6 is 0 Å². The van der Waals surface area contributed by atoms with E-state index in [0.717, 1.165) is 74.8 Å². The fourth-order valence-corrected chi connectivity index (χ4v) is 9.99. The van der Waals surface area contributed by atoms with Crippen LogP contribution in [-0.4, -0.2) is 83.0 Å². The number of hydrogen-bond acceptors (Lipinski definition) is 5. The van der Waals surface area contributed by atoms with Crippen LogP contribution in [0, 0.1) is 23.7 Å². The Kier molecular flexibility index (Phi) is 11.8. The number of nitrogens with zero attached hydrogens (tertiary/aromatic N) is 3. The van der Waals surface area contributed by atoms with Crippen molar-refractivity contribution >= 4 is 39.6 Å². The van der Waals surface area contributed by atoms with Crippen LogP contribution in [0.25, 0.3) is 21.8 Å². The Bertz CT molecular complexity index is 2000. The van der Waals surface area contributed by atoms with Gasteiger partial charge >= 0.3 is 5.97 Å². The quantitative estimate of drug-likeness (QED) is 0.208. The average molecular weight is 739 g/mol. The van der Waals surface area contributed by atoms with Gasteiger partial charge in [0.25, 0.3) is 5.91 Å². The summed E-state index contributed by atoms with van der Waals surface area (Å²) in [6.07, 6.45) is 11.5. The number of fused-ring (bicyclic) bond motifs is 6. The molecule has 0 bridgehead atoms. The lowest BCUT2D eigenvalue weighted by Gasteiger charge is -2.33. The van der Waals surface area contributed by atoms with Crippen LogP contribution in [0.5, 0.6) is 0 Å². The van der Waals surface area contributed by atoms with Crippen LogP contribution in [0.4, 0.5) is 0 Å². The number of carboxylic acids is 1. The summed E-state index contributed by atoms with van der Waals surface area (Å²) in [6.45, 7) is 8.54. The normalized spacial score (nSPS) is 20.5. The number of rotatable bonds is 8. The maximum atomic E-state index is 13.2. The molecule has 2 unspecified atom stereocenters. The van der Waals surface area contributed by atoms with E-state index < -0.39 is 5.97 Å². The number of aryl methyl sites for hydroxylation is 2. The highest BCUT2D eigenvalue weighted by atomic mass is 16.5. The minimum Gasteiger partial charge on any atom is -0.478 e. The van der Waals surface area contributed by atoms with Gasteiger partial charge in [0.1, 0.15) is 0 Å². The molecular formula is C44H58N4O6. The van der Waals surface area contributed by atoms with Crippen molar-refractivity contribution in [1.29, 1.82) is 0 Å². The molecule has 4 heterocycles. The Morgan fingerprint density at radius 2 is 1.20 bits per heavy atom. The van der Waals surface area contributed by atoms with Crippen molar-refractivity contribution in [3.63, 3.8) is 0 Å². The number of nitrogens with one attached hydrogen (secondary N) is 1. The number of likely N-dealkylation sites (N-methyl/N-ethyl adjacent to an activating group) is 2. The number of carbonyl (C=O) groups is 3. The summed E-state index contributed by atoms with van der Waals surface area (Å²) < 4.78 is 15.7. The summed E-state index contributed by atoms with van der Waals surface area (Å²) in [4.78, 5) is 38.1. The maximum absolute atomic E-state index is 13.2. The number of aromatic carboxylic acids is 1. The molecule has 54 heavy (non-hydrogen) atoms. The van der Waals surface area contributed by atoms with Gasteiger partial charge in [0, 0.05) is 92.4 Å². The van der Waals surface area contributed by atoms with Gasteiger partial charge in [-0.2, -0.15) is 0 Å². The highest BCUT2D eigenvalue weighted by Crippen LogP contribution is 2.41. The molecule has 2 aliphatic heterocycles. The van der Waals surface area contributed by atoms with Crippen molar-refractivity contribution in [3.05, 3.63) is 70.0 Å². The van der Waals surface area contributed by atoms with Crippen molar-refractivity contribution in [2.24, 2.45) is 37.8 Å². The summed E-state index contributed by atoms with van der Waals surface area (Å²) in [7, 11) is 4.25. The van der Waals surface area contributed by atoms with Gasteiger partial charge < -0.3 is 33.9 Å². The van der Waals surface area contributed by atoms with E-state index in [-0.39, 0.29) is 18.4 Å². The van der Waals surface area contributed by atoms with E-state index in [4.69, 9.17) is 9.47 Å². The van der Waals surface area contributed by atoms with Gasteiger partial charge in [-0.15, -0.1) is 0 Å². The third kappa shape index (κ3) is 7.69. The second-order valence-corrected chi connectivity index (χ2v) is 15.9. The predicted molar refractivity (Wildman–Crippen MR) is 211 cm³/mol. The first-order chi connectivity index (χ1) is 26.2. The highest BCUT2D eigenvalue weighted by molar-refractivity contribution is 6.01. The summed E-state index contributed by atoms with van der Waals surface area (Å²) in [5.74, 6) is 1.88. The Hall–Kier alpha value is -4.15. The molecule has 2 aliphatic carbocycles. The molecule has 2 atom stereocenters.